The number of rotatable bonds is 4. The summed E-state index contributed by atoms with van der Waals surface area (Å²) in [6.07, 6.45) is 6.17. The summed E-state index contributed by atoms with van der Waals surface area (Å²) in [5.74, 6) is 0.719. The summed E-state index contributed by atoms with van der Waals surface area (Å²) in [6, 6.07) is 0.344. The summed E-state index contributed by atoms with van der Waals surface area (Å²) in [5, 5.41) is 3.94. The lowest BCUT2D eigenvalue weighted by molar-refractivity contribution is -0.135. The molecule has 1 aromatic heterocycles. The Labute approximate surface area is 143 Å². The second kappa shape index (κ2) is 6.95. The molecular formula is C18H27N3O3. The van der Waals surface area contributed by atoms with E-state index in [1.807, 2.05) is 18.7 Å². The molecule has 2 heterocycles. The van der Waals surface area contributed by atoms with Gasteiger partial charge in [0.2, 0.25) is 11.8 Å². The van der Waals surface area contributed by atoms with Crippen molar-refractivity contribution in [2.24, 2.45) is 5.92 Å². The Morgan fingerprint density at radius 1 is 1.29 bits per heavy atom. The molecule has 1 aromatic rings. The van der Waals surface area contributed by atoms with E-state index >= 15 is 0 Å². The van der Waals surface area contributed by atoms with Gasteiger partial charge in [-0.25, -0.2) is 0 Å². The fraction of sp³-hybridized carbons (Fsp3) is 0.722. The van der Waals surface area contributed by atoms with Crippen LogP contribution in [0.1, 0.15) is 55.5 Å². The van der Waals surface area contributed by atoms with Crippen LogP contribution in [0.4, 0.5) is 0 Å². The molecule has 0 spiro atoms. The van der Waals surface area contributed by atoms with Crippen LogP contribution in [-0.4, -0.2) is 46.4 Å². The fourth-order valence-electron chi connectivity index (χ4n) is 4.00. The lowest BCUT2D eigenvalue weighted by Crippen LogP contribution is -2.39. The Morgan fingerprint density at radius 2 is 2.00 bits per heavy atom. The Kier molecular flexibility index (Phi) is 4.92. The van der Waals surface area contributed by atoms with E-state index in [0.29, 0.717) is 25.6 Å². The van der Waals surface area contributed by atoms with Crippen molar-refractivity contribution in [3.8, 4) is 0 Å². The van der Waals surface area contributed by atoms with E-state index in [-0.39, 0.29) is 17.7 Å². The zero-order valence-electron chi connectivity index (χ0n) is 14.9. The summed E-state index contributed by atoms with van der Waals surface area (Å²) < 4.78 is 5.16. The second-order valence-corrected chi connectivity index (χ2v) is 7.24. The highest BCUT2D eigenvalue weighted by molar-refractivity contribution is 5.89. The number of carbonyl (C=O) groups excluding carboxylic acids is 2. The third-order valence-electron chi connectivity index (χ3n) is 5.48. The molecular weight excluding hydrogens is 306 g/mol. The van der Waals surface area contributed by atoms with Crippen molar-refractivity contribution >= 4 is 11.8 Å². The first kappa shape index (κ1) is 17.0. The highest BCUT2D eigenvalue weighted by atomic mass is 16.5. The van der Waals surface area contributed by atoms with Crippen LogP contribution in [0.25, 0.3) is 0 Å². The monoisotopic (exact) mass is 333 g/mol. The predicted octanol–water partition coefficient (Wildman–Crippen LogP) is 2.43. The van der Waals surface area contributed by atoms with Gasteiger partial charge in [-0.2, -0.15) is 0 Å². The third kappa shape index (κ3) is 3.32. The molecule has 0 radical (unpaired) electrons. The summed E-state index contributed by atoms with van der Waals surface area (Å²) in [7, 11) is 1.79. The molecule has 2 amide bonds. The molecule has 6 nitrogen and oxygen atoms in total. The van der Waals surface area contributed by atoms with E-state index in [0.717, 1.165) is 29.9 Å². The number of hydrogen-bond acceptors (Lipinski definition) is 4. The smallest absolute Gasteiger partial charge is 0.228 e. The van der Waals surface area contributed by atoms with Crippen LogP contribution < -0.4 is 0 Å². The van der Waals surface area contributed by atoms with Gasteiger partial charge in [0.15, 0.2) is 0 Å². The van der Waals surface area contributed by atoms with E-state index in [1.54, 1.807) is 11.9 Å². The van der Waals surface area contributed by atoms with Crippen molar-refractivity contribution in [3.63, 3.8) is 0 Å². The van der Waals surface area contributed by atoms with Crippen molar-refractivity contribution in [2.45, 2.75) is 65.0 Å². The van der Waals surface area contributed by atoms with E-state index in [4.69, 9.17) is 4.52 Å². The molecule has 1 saturated carbocycles. The number of carbonyl (C=O) groups is 2. The van der Waals surface area contributed by atoms with Gasteiger partial charge in [0.1, 0.15) is 5.76 Å². The summed E-state index contributed by atoms with van der Waals surface area (Å²) >= 11 is 0. The highest BCUT2D eigenvalue weighted by Gasteiger charge is 2.39. The second-order valence-electron chi connectivity index (χ2n) is 7.24. The Balaban J connectivity index is 1.62. The first-order valence-corrected chi connectivity index (χ1v) is 8.93. The Morgan fingerprint density at radius 3 is 2.62 bits per heavy atom. The molecule has 1 aliphatic carbocycles. The van der Waals surface area contributed by atoms with Gasteiger partial charge in [-0.05, 0) is 26.7 Å². The number of nitrogens with zero attached hydrogens (tertiary/aromatic N) is 3. The average Bonchev–Trinajstić information content (AvgIpc) is 3.12. The molecule has 1 saturated heterocycles. The third-order valence-corrected chi connectivity index (χ3v) is 5.48. The van der Waals surface area contributed by atoms with Crippen LogP contribution in [0.2, 0.25) is 0 Å². The molecule has 0 N–H and O–H groups in total. The van der Waals surface area contributed by atoms with Crippen molar-refractivity contribution in [1.29, 1.82) is 0 Å². The molecule has 1 unspecified atom stereocenters. The molecule has 1 atom stereocenters. The van der Waals surface area contributed by atoms with Crippen LogP contribution in [0, 0.1) is 19.8 Å². The molecule has 0 bridgehead atoms. The Bertz CT molecular complexity index is 600. The van der Waals surface area contributed by atoms with Crippen molar-refractivity contribution in [2.75, 3.05) is 13.6 Å². The zero-order chi connectivity index (χ0) is 17.3. The molecule has 2 fully saturated rings. The van der Waals surface area contributed by atoms with Crippen LogP contribution >= 0.6 is 0 Å². The number of aromatic nitrogens is 1. The normalized spacial score (nSPS) is 22.2. The van der Waals surface area contributed by atoms with Crippen LogP contribution in [-0.2, 0) is 16.1 Å². The largest absolute Gasteiger partial charge is 0.361 e. The standard InChI is InChI=1S/C18H27N3O3/c1-12-16(13(2)24-19-12)11-20(3)18(23)14-9-17(22)21(10-14)15-7-5-4-6-8-15/h14-15H,4-11H2,1-3H3. The molecule has 2 aliphatic rings. The van der Waals surface area contributed by atoms with Gasteiger partial charge < -0.3 is 14.3 Å². The molecule has 6 heteroatoms. The minimum Gasteiger partial charge on any atom is -0.361 e. The number of likely N-dealkylation sites (tertiary alicyclic amines) is 1. The van der Waals surface area contributed by atoms with Gasteiger partial charge in [0.25, 0.3) is 0 Å². The van der Waals surface area contributed by atoms with Gasteiger partial charge in [-0.1, -0.05) is 24.4 Å². The number of aryl methyl sites for hydroxylation is 2. The van der Waals surface area contributed by atoms with E-state index in [1.165, 1.54) is 19.3 Å². The lowest BCUT2D eigenvalue weighted by atomic mass is 9.94. The van der Waals surface area contributed by atoms with Gasteiger partial charge in [-0.15, -0.1) is 0 Å². The number of amides is 2. The summed E-state index contributed by atoms with van der Waals surface area (Å²) in [6.45, 7) is 4.80. The number of hydrogen-bond donors (Lipinski definition) is 0. The quantitative estimate of drug-likeness (QED) is 0.849. The molecule has 0 aromatic carbocycles. The van der Waals surface area contributed by atoms with Gasteiger partial charge in [0, 0.05) is 31.6 Å². The first-order valence-electron chi connectivity index (χ1n) is 8.93. The maximum atomic E-state index is 12.8. The predicted molar refractivity (Wildman–Crippen MR) is 89.1 cm³/mol. The SMILES string of the molecule is Cc1noc(C)c1CN(C)C(=O)C1CC(=O)N(C2CCCCC2)C1. The molecule has 1 aliphatic heterocycles. The minimum atomic E-state index is -0.218. The van der Waals surface area contributed by atoms with Crippen molar-refractivity contribution in [3.05, 3.63) is 17.0 Å². The van der Waals surface area contributed by atoms with E-state index < -0.39 is 0 Å². The summed E-state index contributed by atoms with van der Waals surface area (Å²) in [4.78, 5) is 28.8. The average molecular weight is 333 g/mol. The van der Waals surface area contributed by atoms with Gasteiger partial charge in [-0.3, -0.25) is 9.59 Å². The van der Waals surface area contributed by atoms with Crippen LogP contribution in [0.5, 0.6) is 0 Å². The van der Waals surface area contributed by atoms with Crippen molar-refractivity contribution < 1.29 is 14.1 Å². The van der Waals surface area contributed by atoms with Crippen molar-refractivity contribution in [1.82, 2.24) is 15.0 Å². The van der Waals surface area contributed by atoms with E-state index in [2.05, 4.69) is 5.16 Å². The molecule has 3 rings (SSSR count). The zero-order valence-corrected chi connectivity index (χ0v) is 14.9. The minimum absolute atomic E-state index is 0.0432. The van der Waals surface area contributed by atoms with Gasteiger partial charge in [0.05, 0.1) is 18.2 Å². The fourth-order valence-corrected chi connectivity index (χ4v) is 4.00. The molecule has 24 heavy (non-hydrogen) atoms. The summed E-state index contributed by atoms with van der Waals surface area (Å²) in [5.41, 5.74) is 1.78. The topological polar surface area (TPSA) is 66.7 Å². The maximum Gasteiger partial charge on any atom is 0.228 e. The van der Waals surface area contributed by atoms with Gasteiger partial charge >= 0.3 is 0 Å². The lowest BCUT2D eigenvalue weighted by Gasteiger charge is -2.31. The van der Waals surface area contributed by atoms with Crippen LogP contribution in [0.3, 0.4) is 0 Å². The Hall–Kier alpha value is -1.85. The highest BCUT2D eigenvalue weighted by Crippen LogP contribution is 2.29. The maximum absolute atomic E-state index is 12.8. The molecule has 132 valence electrons. The first-order chi connectivity index (χ1) is 11.5. The van der Waals surface area contributed by atoms with E-state index in [9.17, 15) is 9.59 Å². The van der Waals surface area contributed by atoms with Crippen LogP contribution in [0.15, 0.2) is 4.52 Å².